The first-order valence-corrected chi connectivity index (χ1v) is 25.8. The van der Waals surface area contributed by atoms with Crippen LogP contribution in [0.2, 0.25) is 18.6 Å². The standard InChI is InChI=1S/C54H59N3O6Si/c1-34(2)13-10-14-35(3)27-28-55-46-26-21-40(57-47-20-12-18-37-17-11-19-44(50(37)47)52(57)60)30-45(46)54(53(55)61)36(4)51(64(6,7)43-24-22-42(62-5)23-25-43)48(63-54)31-49(59)56-32-39-16-9-8-15-38(39)29-41(56)33-58/h8-9,11-13,15-27,30,36,41,48,51,58H,10,14,28-29,31-33H2,1-7H3/b35-27+/t36-,41+,48+,51-,54+/m1/s1. The normalized spacial score (nSPS) is 22.7. The van der Waals surface area contributed by atoms with Gasteiger partial charge >= 0.3 is 0 Å². The lowest BCUT2D eigenvalue weighted by Gasteiger charge is -2.39. The molecule has 10 heteroatoms. The Morgan fingerprint density at radius 2 is 1.64 bits per heavy atom. The van der Waals surface area contributed by atoms with Crippen molar-refractivity contribution in [3.8, 4) is 5.75 Å². The summed E-state index contributed by atoms with van der Waals surface area (Å²) in [5, 5.41) is 13.7. The molecular weight excluding hydrogens is 815 g/mol. The van der Waals surface area contributed by atoms with E-state index in [9.17, 15) is 14.7 Å². The van der Waals surface area contributed by atoms with E-state index in [1.165, 1.54) is 16.3 Å². The Balaban J connectivity index is 1.16. The molecule has 5 aromatic rings. The zero-order valence-corrected chi connectivity index (χ0v) is 39.1. The minimum Gasteiger partial charge on any atom is -0.497 e. The van der Waals surface area contributed by atoms with Gasteiger partial charge in [-0.05, 0) is 105 Å². The van der Waals surface area contributed by atoms with Crippen LogP contribution in [0.4, 0.5) is 17.1 Å². The summed E-state index contributed by atoms with van der Waals surface area (Å²) in [5.74, 6) is 0.0157. The van der Waals surface area contributed by atoms with Gasteiger partial charge in [-0.25, -0.2) is 0 Å². The Morgan fingerprint density at radius 3 is 2.36 bits per heavy atom. The molecule has 0 bridgehead atoms. The number of amides is 3. The van der Waals surface area contributed by atoms with Gasteiger partial charge in [0.2, 0.25) is 5.91 Å². The molecule has 3 amide bonds. The van der Waals surface area contributed by atoms with Gasteiger partial charge < -0.3 is 24.4 Å². The molecule has 4 aliphatic rings. The predicted molar refractivity (Wildman–Crippen MR) is 257 cm³/mol. The van der Waals surface area contributed by atoms with E-state index in [1.54, 1.807) is 12.0 Å². The summed E-state index contributed by atoms with van der Waals surface area (Å²) in [6.07, 6.45) is 6.17. The average Bonchev–Trinajstić information content (AvgIpc) is 3.85. The quantitative estimate of drug-likeness (QED) is 0.0991. The van der Waals surface area contributed by atoms with Crippen molar-refractivity contribution >= 4 is 58.8 Å². The van der Waals surface area contributed by atoms with Crippen LogP contribution in [-0.2, 0) is 32.9 Å². The topological polar surface area (TPSA) is 99.6 Å². The van der Waals surface area contributed by atoms with E-state index >= 15 is 4.79 Å². The zero-order valence-electron chi connectivity index (χ0n) is 38.1. The van der Waals surface area contributed by atoms with Crippen molar-refractivity contribution in [3.05, 3.63) is 149 Å². The molecule has 1 N–H and O–H groups in total. The third-order valence-corrected chi connectivity index (χ3v) is 19.0. The van der Waals surface area contributed by atoms with Gasteiger partial charge in [-0.3, -0.25) is 19.3 Å². The number of anilines is 3. The summed E-state index contributed by atoms with van der Waals surface area (Å²) in [4.78, 5) is 50.4. The first-order valence-electron chi connectivity index (χ1n) is 22.7. The molecule has 0 saturated carbocycles. The Bertz CT molecular complexity index is 2720. The number of methoxy groups -OCH3 is 1. The monoisotopic (exact) mass is 873 g/mol. The number of fused-ring (bicyclic) bond motifs is 3. The predicted octanol–water partition coefficient (Wildman–Crippen LogP) is 9.73. The SMILES string of the molecule is COc1ccc([Si](C)(C)[C@H]2[C@H](CC(=O)N3Cc4ccccc4C[C@H]3CO)O[C@@]3(C(=O)N(C/C=C(\C)CCC=C(C)C)c4ccc(N5C(=O)c6cccc7cccc5c67)cc43)[C@@H]2C)cc1. The molecule has 0 aliphatic carbocycles. The van der Waals surface area contributed by atoms with Gasteiger partial charge in [0.05, 0.1) is 57.3 Å². The molecule has 9 nitrogen and oxygen atoms in total. The Morgan fingerprint density at radius 1 is 0.906 bits per heavy atom. The number of aliphatic hydroxyl groups is 1. The van der Waals surface area contributed by atoms with E-state index < -0.39 is 19.8 Å². The smallest absolute Gasteiger partial charge is 0.264 e. The van der Waals surface area contributed by atoms with Crippen molar-refractivity contribution in [3.63, 3.8) is 0 Å². The molecule has 0 aromatic heterocycles. The molecule has 4 aliphatic heterocycles. The highest BCUT2D eigenvalue weighted by Crippen LogP contribution is 2.61. The lowest BCUT2D eigenvalue weighted by Crippen LogP contribution is -2.52. The summed E-state index contributed by atoms with van der Waals surface area (Å²) in [5.41, 5.74) is 6.61. The van der Waals surface area contributed by atoms with Crippen molar-refractivity contribution in [2.24, 2.45) is 5.92 Å². The number of benzene rings is 5. The van der Waals surface area contributed by atoms with Crippen molar-refractivity contribution in [2.75, 3.05) is 30.1 Å². The molecule has 0 radical (unpaired) electrons. The maximum Gasteiger partial charge on any atom is 0.264 e. The van der Waals surface area contributed by atoms with E-state index in [0.29, 0.717) is 36.3 Å². The van der Waals surface area contributed by atoms with Crippen LogP contribution >= 0.6 is 0 Å². The third kappa shape index (κ3) is 7.20. The van der Waals surface area contributed by atoms with Crippen molar-refractivity contribution < 1.29 is 29.0 Å². The highest BCUT2D eigenvalue weighted by Gasteiger charge is 2.66. The van der Waals surface area contributed by atoms with Gasteiger partial charge in [0.15, 0.2) is 5.60 Å². The number of rotatable bonds is 12. The van der Waals surface area contributed by atoms with Crippen LogP contribution in [0.5, 0.6) is 5.75 Å². The van der Waals surface area contributed by atoms with Crippen LogP contribution in [-0.4, -0.2) is 68.2 Å². The third-order valence-electron chi connectivity index (χ3n) is 14.6. The molecule has 1 fully saturated rings. The van der Waals surface area contributed by atoms with Gasteiger partial charge in [-0.15, -0.1) is 0 Å². The summed E-state index contributed by atoms with van der Waals surface area (Å²) in [6.45, 7) is 13.7. The molecule has 5 atom stereocenters. The summed E-state index contributed by atoms with van der Waals surface area (Å²) in [6, 6.07) is 33.7. The molecule has 64 heavy (non-hydrogen) atoms. The molecule has 1 spiro atoms. The summed E-state index contributed by atoms with van der Waals surface area (Å²) < 4.78 is 13.1. The Labute approximate surface area is 378 Å². The Kier molecular flexibility index (Phi) is 11.5. The van der Waals surface area contributed by atoms with E-state index in [0.717, 1.165) is 51.9 Å². The molecule has 5 aromatic carbocycles. The van der Waals surface area contributed by atoms with Gasteiger partial charge in [0.1, 0.15) is 5.75 Å². The maximum absolute atomic E-state index is 15.8. The van der Waals surface area contributed by atoms with E-state index in [1.807, 2.05) is 88.7 Å². The lowest BCUT2D eigenvalue weighted by molar-refractivity contribution is -0.150. The number of carbonyl (C=O) groups is 3. The van der Waals surface area contributed by atoms with E-state index in [2.05, 4.69) is 77.2 Å². The van der Waals surface area contributed by atoms with E-state index in [-0.39, 0.29) is 48.3 Å². The highest BCUT2D eigenvalue weighted by atomic mass is 28.3. The summed E-state index contributed by atoms with van der Waals surface area (Å²) >= 11 is 0. The maximum atomic E-state index is 15.8. The van der Waals surface area contributed by atoms with Gasteiger partial charge in [0, 0.05) is 35.6 Å². The molecule has 1 saturated heterocycles. The van der Waals surface area contributed by atoms with Crippen LogP contribution < -0.4 is 19.7 Å². The fraction of sp³-hybridized carbons (Fsp3) is 0.352. The number of nitrogens with zero attached hydrogens (tertiary/aromatic N) is 3. The minimum atomic E-state index is -2.61. The highest BCUT2D eigenvalue weighted by molar-refractivity contribution is 6.91. The second-order valence-corrected chi connectivity index (χ2v) is 23.7. The molecule has 4 heterocycles. The van der Waals surface area contributed by atoms with Crippen LogP contribution in [0.25, 0.3) is 10.8 Å². The number of aliphatic hydroxyl groups excluding tert-OH is 1. The first kappa shape index (κ1) is 43.4. The second-order valence-electron chi connectivity index (χ2n) is 19.0. The van der Waals surface area contributed by atoms with Crippen molar-refractivity contribution in [1.82, 2.24) is 4.90 Å². The molecule has 9 rings (SSSR count). The number of hydrogen-bond acceptors (Lipinski definition) is 6. The average molecular weight is 874 g/mol. The van der Waals surface area contributed by atoms with Gasteiger partial charge in [0.25, 0.3) is 11.8 Å². The van der Waals surface area contributed by atoms with Gasteiger partial charge in [-0.2, -0.15) is 0 Å². The van der Waals surface area contributed by atoms with Crippen LogP contribution in [0.15, 0.2) is 126 Å². The number of carbonyl (C=O) groups excluding carboxylic acids is 3. The number of allylic oxidation sites excluding steroid dienone is 3. The Hall–Kier alpha value is -5.81. The van der Waals surface area contributed by atoms with Crippen molar-refractivity contribution in [1.29, 1.82) is 0 Å². The van der Waals surface area contributed by atoms with Crippen LogP contribution in [0.3, 0.4) is 0 Å². The fourth-order valence-corrected chi connectivity index (χ4v) is 15.3. The second kappa shape index (κ2) is 17.0. The zero-order chi connectivity index (χ0) is 45.1. The van der Waals surface area contributed by atoms with Crippen molar-refractivity contribution in [2.45, 2.75) is 96.3 Å². The number of ether oxygens (including phenoxy) is 2. The minimum absolute atomic E-state index is 0.0512. The molecule has 330 valence electrons. The van der Waals surface area contributed by atoms with Crippen LogP contribution in [0.1, 0.15) is 74.0 Å². The lowest BCUT2D eigenvalue weighted by atomic mass is 9.82. The van der Waals surface area contributed by atoms with Gasteiger partial charge in [-0.1, -0.05) is 109 Å². The first-order chi connectivity index (χ1) is 30.8. The largest absolute Gasteiger partial charge is 0.497 e. The molecule has 0 unspecified atom stereocenters. The van der Waals surface area contributed by atoms with E-state index in [4.69, 9.17) is 9.47 Å². The summed E-state index contributed by atoms with van der Waals surface area (Å²) in [7, 11) is -0.954. The van der Waals surface area contributed by atoms with Crippen LogP contribution in [0, 0.1) is 5.92 Å². The number of hydrogen-bond donors (Lipinski definition) is 1. The molecular formula is C54H59N3O6Si. The fourth-order valence-electron chi connectivity index (χ4n) is 11.3.